The van der Waals surface area contributed by atoms with E-state index in [1.54, 1.807) is 19.2 Å². The highest BCUT2D eigenvalue weighted by molar-refractivity contribution is 7.89. The van der Waals surface area contributed by atoms with Crippen LogP contribution in [0.5, 0.6) is 0 Å². The van der Waals surface area contributed by atoms with E-state index in [-0.39, 0.29) is 18.4 Å². The molecule has 18 heavy (non-hydrogen) atoms. The van der Waals surface area contributed by atoms with Gasteiger partial charge < -0.3 is 5.32 Å². The van der Waals surface area contributed by atoms with E-state index in [1.807, 2.05) is 19.9 Å². The van der Waals surface area contributed by atoms with Crippen LogP contribution in [-0.2, 0) is 10.0 Å². The molecule has 0 radical (unpaired) electrons. The number of halogens is 1. The Labute approximate surface area is 115 Å². The fourth-order valence-corrected chi connectivity index (χ4v) is 3.21. The summed E-state index contributed by atoms with van der Waals surface area (Å²) in [7, 11) is -1.70. The van der Waals surface area contributed by atoms with Gasteiger partial charge in [-0.05, 0) is 37.1 Å². The van der Waals surface area contributed by atoms with Gasteiger partial charge in [0.05, 0.1) is 4.90 Å². The number of nitrogens with zero attached hydrogens (tertiary/aromatic N) is 1. The third-order valence-corrected chi connectivity index (χ3v) is 5.34. The van der Waals surface area contributed by atoms with Crippen LogP contribution in [0.4, 0.5) is 0 Å². The predicted octanol–water partition coefficient (Wildman–Crippen LogP) is 1.32. The van der Waals surface area contributed by atoms with Crippen LogP contribution in [0.3, 0.4) is 0 Å². The molecular formula is C12H19ClN2O2S. The molecule has 1 aliphatic rings. The molecule has 1 N–H and O–H groups in total. The number of sulfonamides is 1. The van der Waals surface area contributed by atoms with Crippen molar-refractivity contribution in [2.24, 2.45) is 0 Å². The van der Waals surface area contributed by atoms with Gasteiger partial charge >= 0.3 is 0 Å². The van der Waals surface area contributed by atoms with Crippen LogP contribution in [0.25, 0.3) is 0 Å². The SMILES string of the molecule is Cc1ccc(S(=O)(=O)N(C)C2CNC2)cc1C.Cl. The lowest BCUT2D eigenvalue weighted by Gasteiger charge is -2.34. The van der Waals surface area contributed by atoms with Crippen LogP contribution in [0.2, 0.25) is 0 Å². The summed E-state index contributed by atoms with van der Waals surface area (Å²) < 4.78 is 26.1. The Morgan fingerprint density at radius 2 is 1.83 bits per heavy atom. The lowest BCUT2D eigenvalue weighted by Crippen LogP contribution is -2.57. The van der Waals surface area contributed by atoms with E-state index in [1.165, 1.54) is 4.31 Å². The molecule has 1 aliphatic heterocycles. The van der Waals surface area contributed by atoms with Crippen molar-refractivity contribution in [2.45, 2.75) is 24.8 Å². The summed E-state index contributed by atoms with van der Waals surface area (Å²) in [6.07, 6.45) is 0. The Hall–Kier alpha value is -0.620. The Bertz CT molecular complexity index is 527. The maximum absolute atomic E-state index is 12.3. The molecule has 0 aromatic heterocycles. The standard InChI is InChI=1S/C12H18N2O2S.ClH/c1-9-4-5-12(6-10(9)2)17(15,16)14(3)11-7-13-8-11;/h4-6,11,13H,7-8H2,1-3H3;1H. The summed E-state index contributed by atoms with van der Waals surface area (Å²) in [5, 5.41) is 3.08. The largest absolute Gasteiger partial charge is 0.313 e. The third-order valence-electron chi connectivity index (χ3n) is 3.43. The molecule has 1 saturated heterocycles. The molecule has 102 valence electrons. The number of rotatable bonds is 3. The van der Waals surface area contributed by atoms with E-state index in [4.69, 9.17) is 0 Å². The maximum Gasteiger partial charge on any atom is 0.243 e. The Morgan fingerprint density at radius 3 is 2.28 bits per heavy atom. The topological polar surface area (TPSA) is 49.4 Å². The number of hydrogen-bond acceptors (Lipinski definition) is 3. The fraction of sp³-hybridized carbons (Fsp3) is 0.500. The van der Waals surface area contributed by atoms with Crippen molar-refractivity contribution in [1.29, 1.82) is 0 Å². The average molecular weight is 291 g/mol. The molecule has 1 aromatic rings. The van der Waals surface area contributed by atoms with Crippen LogP contribution in [0.1, 0.15) is 11.1 Å². The Morgan fingerprint density at radius 1 is 1.22 bits per heavy atom. The molecule has 0 spiro atoms. The van der Waals surface area contributed by atoms with Gasteiger partial charge in [-0.25, -0.2) is 8.42 Å². The second-order valence-corrected chi connectivity index (χ2v) is 6.58. The van der Waals surface area contributed by atoms with Crippen molar-refractivity contribution in [3.8, 4) is 0 Å². The van der Waals surface area contributed by atoms with Crippen molar-refractivity contribution in [3.05, 3.63) is 29.3 Å². The van der Waals surface area contributed by atoms with Gasteiger partial charge in [0.2, 0.25) is 10.0 Å². The van der Waals surface area contributed by atoms with Gasteiger partial charge in [0, 0.05) is 26.2 Å². The highest BCUT2D eigenvalue weighted by atomic mass is 35.5. The summed E-state index contributed by atoms with van der Waals surface area (Å²) in [6.45, 7) is 5.38. The molecule has 0 aliphatic carbocycles. The number of likely N-dealkylation sites (N-methyl/N-ethyl adjacent to an activating group) is 1. The minimum atomic E-state index is -3.34. The fourth-order valence-electron chi connectivity index (χ4n) is 1.77. The van der Waals surface area contributed by atoms with E-state index in [0.29, 0.717) is 4.90 Å². The molecule has 2 rings (SSSR count). The van der Waals surface area contributed by atoms with Gasteiger partial charge in [0.1, 0.15) is 0 Å². The number of hydrogen-bond donors (Lipinski definition) is 1. The predicted molar refractivity (Wildman–Crippen MR) is 74.8 cm³/mol. The van der Waals surface area contributed by atoms with Crippen LogP contribution >= 0.6 is 12.4 Å². The van der Waals surface area contributed by atoms with E-state index < -0.39 is 10.0 Å². The molecule has 0 atom stereocenters. The lowest BCUT2D eigenvalue weighted by molar-refractivity contribution is 0.274. The third kappa shape index (κ3) is 2.69. The van der Waals surface area contributed by atoms with Crippen molar-refractivity contribution in [3.63, 3.8) is 0 Å². The molecule has 0 bridgehead atoms. The number of aryl methyl sites for hydroxylation is 2. The average Bonchev–Trinajstić information content (AvgIpc) is 2.19. The summed E-state index contributed by atoms with van der Waals surface area (Å²) in [4.78, 5) is 0.384. The second-order valence-electron chi connectivity index (χ2n) is 4.58. The lowest BCUT2D eigenvalue weighted by atomic mass is 10.1. The van der Waals surface area contributed by atoms with E-state index in [2.05, 4.69) is 5.32 Å². The van der Waals surface area contributed by atoms with Crippen molar-refractivity contribution in [2.75, 3.05) is 20.1 Å². The molecule has 0 saturated carbocycles. The number of benzene rings is 1. The first-order chi connectivity index (χ1) is 7.93. The zero-order valence-electron chi connectivity index (χ0n) is 10.8. The van der Waals surface area contributed by atoms with E-state index in [0.717, 1.165) is 24.2 Å². The molecule has 4 nitrogen and oxygen atoms in total. The van der Waals surface area contributed by atoms with Gasteiger partial charge in [0.25, 0.3) is 0 Å². The summed E-state index contributed by atoms with van der Waals surface area (Å²) in [5.74, 6) is 0. The summed E-state index contributed by atoms with van der Waals surface area (Å²) in [5.41, 5.74) is 2.11. The minimum absolute atomic E-state index is 0. The van der Waals surface area contributed by atoms with Gasteiger partial charge in [-0.1, -0.05) is 6.07 Å². The van der Waals surface area contributed by atoms with Crippen LogP contribution in [-0.4, -0.2) is 38.9 Å². The monoisotopic (exact) mass is 290 g/mol. The van der Waals surface area contributed by atoms with Crippen LogP contribution in [0.15, 0.2) is 23.1 Å². The minimum Gasteiger partial charge on any atom is -0.313 e. The first-order valence-corrected chi connectivity index (χ1v) is 7.13. The highest BCUT2D eigenvalue weighted by Crippen LogP contribution is 2.20. The Kier molecular flexibility index (Phi) is 4.78. The van der Waals surface area contributed by atoms with Crippen molar-refractivity contribution >= 4 is 22.4 Å². The van der Waals surface area contributed by atoms with Gasteiger partial charge in [-0.3, -0.25) is 0 Å². The van der Waals surface area contributed by atoms with Gasteiger partial charge in [-0.15, -0.1) is 12.4 Å². The molecular weight excluding hydrogens is 272 g/mol. The summed E-state index contributed by atoms with van der Waals surface area (Å²) >= 11 is 0. The Balaban J connectivity index is 0.00000162. The highest BCUT2D eigenvalue weighted by Gasteiger charge is 2.31. The van der Waals surface area contributed by atoms with E-state index >= 15 is 0 Å². The second kappa shape index (κ2) is 5.57. The first-order valence-electron chi connectivity index (χ1n) is 5.69. The first kappa shape index (κ1) is 15.4. The molecule has 0 amide bonds. The molecule has 1 aromatic carbocycles. The molecule has 1 fully saturated rings. The van der Waals surface area contributed by atoms with Gasteiger partial charge in [0.15, 0.2) is 0 Å². The maximum atomic E-state index is 12.3. The number of nitrogens with one attached hydrogen (secondary N) is 1. The van der Waals surface area contributed by atoms with Gasteiger partial charge in [-0.2, -0.15) is 4.31 Å². The molecule has 0 unspecified atom stereocenters. The smallest absolute Gasteiger partial charge is 0.243 e. The van der Waals surface area contributed by atoms with Crippen molar-refractivity contribution in [1.82, 2.24) is 9.62 Å². The molecule has 1 heterocycles. The summed E-state index contributed by atoms with van der Waals surface area (Å²) in [6, 6.07) is 5.37. The zero-order valence-corrected chi connectivity index (χ0v) is 12.4. The van der Waals surface area contributed by atoms with Crippen molar-refractivity contribution < 1.29 is 8.42 Å². The van der Waals surface area contributed by atoms with E-state index in [9.17, 15) is 8.42 Å². The molecule has 6 heteroatoms. The zero-order chi connectivity index (χ0) is 12.6. The van der Waals surface area contributed by atoms with Crippen LogP contribution < -0.4 is 5.32 Å². The normalized spacial score (nSPS) is 16.2. The quantitative estimate of drug-likeness (QED) is 0.913. The van der Waals surface area contributed by atoms with Crippen LogP contribution in [0, 0.1) is 13.8 Å².